The Bertz CT molecular complexity index is 554. The van der Waals surface area contributed by atoms with E-state index in [0.29, 0.717) is 12.2 Å². The van der Waals surface area contributed by atoms with Crippen molar-refractivity contribution in [3.63, 3.8) is 0 Å². The molecule has 0 aromatic heterocycles. The molecule has 1 aromatic rings. The Kier molecular flexibility index (Phi) is 7.21. The van der Waals surface area contributed by atoms with Crippen LogP contribution in [-0.4, -0.2) is 37.2 Å². The summed E-state index contributed by atoms with van der Waals surface area (Å²) in [7, 11) is 1.38. The molecule has 0 fully saturated rings. The van der Waals surface area contributed by atoms with Crippen molar-refractivity contribution in [1.29, 1.82) is 0 Å². The van der Waals surface area contributed by atoms with Gasteiger partial charge in [0.25, 0.3) is 5.91 Å². The summed E-state index contributed by atoms with van der Waals surface area (Å²) >= 11 is 0. The van der Waals surface area contributed by atoms with Crippen molar-refractivity contribution in [2.45, 2.75) is 39.6 Å². The van der Waals surface area contributed by atoms with Gasteiger partial charge in [0.1, 0.15) is 0 Å². The number of rotatable bonds is 6. The molecule has 7 nitrogen and oxygen atoms in total. The smallest absolute Gasteiger partial charge is 0.338 e. The zero-order valence-corrected chi connectivity index (χ0v) is 13.7. The number of benzene rings is 1. The fourth-order valence-corrected chi connectivity index (χ4v) is 1.56. The molecule has 23 heavy (non-hydrogen) atoms. The van der Waals surface area contributed by atoms with E-state index in [1.807, 2.05) is 19.2 Å². The Hall–Kier alpha value is -2.41. The second-order valence-electron chi connectivity index (χ2n) is 5.17. The van der Waals surface area contributed by atoms with Gasteiger partial charge in [-0.15, -0.1) is 0 Å². The highest BCUT2D eigenvalue weighted by atomic mass is 16.5. The number of carbonyl (C=O) groups excluding carboxylic acids is 3. The van der Waals surface area contributed by atoms with Crippen molar-refractivity contribution in [2.24, 2.45) is 0 Å². The van der Waals surface area contributed by atoms with E-state index in [4.69, 9.17) is 9.47 Å². The third-order valence-electron chi connectivity index (χ3n) is 2.89. The molecule has 0 aliphatic heterocycles. The molecule has 7 heteroatoms. The summed E-state index contributed by atoms with van der Waals surface area (Å²) in [5, 5.41) is 4.28. The van der Waals surface area contributed by atoms with E-state index >= 15 is 0 Å². The van der Waals surface area contributed by atoms with Gasteiger partial charge in [0.15, 0.2) is 6.10 Å². The maximum atomic E-state index is 12.0. The summed E-state index contributed by atoms with van der Waals surface area (Å²) in [4.78, 5) is 34.6. The maximum absolute atomic E-state index is 12.0. The lowest BCUT2D eigenvalue weighted by Gasteiger charge is -2.13. The Morgan fingerprint density at radius 3 is 2.22 bits per heavy atom. The van der Waals surface area contributed by atoms with Gasteiger partial charge in [0.05, 0.1) is 18.3 Å². The lowest BCUT2D eigenvalue weighted by molar-refractivity contribution is -0.127. The molecule has 1 atom stereocenters. The highest BCUT2D eigenvalue weighted by Gasteiger charge is 2.20. The zero-order valence-electron chi connectivity index (χ0n) is 13.7. The van der Waals surface area contributed by atoms with Gasteiger partial charge in [-0.2, -0.15) is 0 Å². The standard InChI is InChI=1S/C16H22N2O5/c1-10(2)22-9-12-5-7-13(8-6-12)15(20)23-11(3)14(19)18-16(21)17-4/h5-8,10-11H,9H2,1-4H3,(H2,17,18,19,21)/t11-/m1/s1. The van der Waals surface area contributed by atoms with Crippen molar-refractivity contribution in [3.05, 3.63) is 35.4 Å². The minimum atomic E-state index is -1.08. The number of carbonyl (C=O) groups is 3. The Morgan fingerprint density at radius 1 is 1.09 bits per heavy atom. The molecule has 0 saturated carbocycles. The van der Waals surface area contributed by atoms with Gasteiger partial charge >= 0.3 is 12.0 Å². The molecule has 3 amide bonds. The second kappa shape index (κ2) is 8.89. The van der Waals surface area contributed by atoms with Crippen molar-refractivity contribution in [3.8, 4) is 0 Å². The molecule has 126 valence electrons. The number of imide groups is 1. The van der Waals surface area contributed by atoms with Gasteiger partial charge < -0.3 is 14.8 Å². The van der Waals surface area contributed by atoms with Crippen LogP contribution in [0.3, 0.4) is 0 Å². The first-order valence-corrected chi connectivity index (χ1v) is 7.27. The first kappa shape index (κ1) is 18.6. The van der Waals surface area contributed by atoms with Crippen molar-refractivity contribution in [1.82, 2.24) is 10.6 Å². The van der Waals surface area contributed by atoms with Crippen LogP contribution < -0.4 is 10.6 Å². The van der Waals surface area contributed by atoms with Crippen LogP contribution in [0.1, 0.15) is 36.7 Å². The highest BCUT2D eigenvalue weighted by Crippen LogP contribution is 2.09. The Labute approximate surface area is 135 Å². The fraction of sp³-hybridized carbons (Fsp3) is 0.438. The van der Waals surface area contributed by atoms with Crippen LogP contribution >= 0.6 is 0 Å². The van der Waals surface area contributed by atoms with Gasteiger partial charge in [-0.3, -0.25) is 10.1 Å². The van der Waals surface area contributed by atoms with E-state index in [1.54, 1.807) is 24.3 Å². The molecular formula is C16H22N2O5. The number of esters is 1. The number of hydrogen-bond acceptors (Lipinski definition) is 5. The third kappa shape index (κ3) is 6.48. The first-order chi connectivity index (χ1) is 10.8. The summed E-state index contributed by atoms with van der Waals surface area (Å²) in [5.41, 5.74) is 1.25. The number of hydrogen-bond donors (Lipinski definition) is 2. The molecular weight excluding hydrogens is 300 g/mol. The number of nitrogens with one attached hydrogen (secondary N) is 2. The van der Waals surface area contributed by atoms with E-state index in [2.05, 4.69) is 5.32 Å². The van der Waals surface area contributed by atoms with Gasteiger partial charge in [0, 0.05) is 7.05 Å². The van der Waals surface area contributed by atoms with Crippen LogP contribution in [0.2, 0.25) is 0 Å². The minimum Gasteiger partial charge on any atom is -0.449 e. The summed E-state index contributed by atoms with van der Waals surface area (Å²) in [6, 6.07) is 6.06. The largest absolute Gasteiger partial charge is 0.449 e. The summed E-state index contributed by atoms with van der Waals surface area (Å²) in [6.45, 7) is 5.73. The molecule has 0 unspecified atom stereocenters. The predicted molar refractivity (Wildman–Crippen MR) is 83.8 cm³/mol. The van der Waals surface area contributed by atoms with Crippen LogP contribution in [0.5, 0.6) is 0 Å². The molecule has 0 bridgehead atoms. The number of urea groups is 1. The van der Waals surface area contributed by atoms with Crippen LogP contribution in [0, 0.1) is 0 Å². The topological polar surface area (TPSA) is 93.7 Å². The fourth-order valence-electron chi connectivity index (χ4n) is 1.56. The van der Waals surface area contributed by atoms with Crippen LogP contribution in [-0.2, 0) is 20.9 Å². The van der Waals surface area contributed by atoms with E-state index in [1.165, 1.54) is 14.0 Å². The minimum absolute atomic E-state index is 0.124. The van der Waals surface area contributed by atoms with Crippen LogP contribution in [0.4, 0.5) is 4.79 Å². The third-order valence-corrected chi connectivity index (χ3v) is 2.89. The molecule has 0 saturated heterocycles. The monoisotopic (exact) mass is 322 g/mol. The van der Waals surface area contributed by atoms with Crippen molar-refractivity contribution in [2.75, 3.05) is 7.05 Å². The van der Waals surface area contributed by atoms with Crippen LogP contribution in [0.25, 0.3) is 0 Å². The maximum Gasteiger partial charge on any atom is 0.338 e. The lowest BCUT2D eigenvalue weighted by atomic mass is 10.1. The van der Waals surface area contributed by atoms with E-state index in [9.17, 15) is 14.4 Å². The Balaban J connectivity index is 2.57. The van der Waals surface area contributed by atoms with Gasteiger partial charge in [-0.25, -0.2) is 9.59 Å². The molecule has 0 spiro atoms. The number of amides is 3. The molecule has 1 rings (SSSR count). The second-order valence-corrected chi connectivity index (χ2v) is 5.17. The van der Waals surface area contributed by atoms with Gasteiger partial charge in [-0.05, 0) is 38.5 Å². The number of ether oxygens (including phenoxy) is 2. The van der Waals surface area contributed by atoms with Crippen molar-refractivity contribution >= 4 is 17.9 Å². The predicted octanol–water partition coefficient (Wildman–Crippen LogP) is 1.61. The van der Waals surface area contributed by atoms with Gasteiger partial charge in [-0.1, -0.05) is 12.1 Å². The first-order valence-electron chi connectivity index (χ1n) is 7.27. The molecule has 0 aliphatic carbocycles. The molecule has 0 heterocycles. The highest BCUT2D eigenvalue weighted by molar-refractivity contribution is 5.98. The molecule has 2 N–H and O–H groups in total. The quantitative estimate of drug-likeness (QED) is 0.776. The van der Waals surface area contributed by atoms with E-state index < -0.39 is 24.0 Å². The SMILES string of the molecule is CNC(=O)NC(=O)[C@@H](C)OC(=O)c1ccc(COC(C)C)cc1. The van der Waals surface area contributed by atoms with Gasteiger partial charge in [0.2, 0.25) is 0 Å². The molecule has 1 aromatic carbocycles. The summed E-state index contributed by atoms with van der Waals surface area (Å²) in [5.74, 6) is -1.33. The van der Waals surface area contributed by atoms with Crippen LogP contribution in [0.15, 0.2) is 24.3 Å². The summed E-state index contributed by atoms with van der Waals surface area (Å²) in [6.07, 6.45) is -0.955. The lowest BCUT2D eigenvalue weighted by Crippen LogP contribution is -2.43. The summed E-state index contributed by atoms with van der Waals surface area (Å²) < 4.78 is 10.5. The van der Waals surface area contributed by atoms with E-state index in [-0.39, 0.29) is 6.10 Å². The average Bonchev–Trinajstić information content (AvgIpc) is 2.52. The Morgan fingerprint density at radius 2 is 1.70 bits per heavy atom. The zero-order chi connectivity index (χ0) is 17.4. The molecule has 0 aliphatic rings. The van der Waals surface area contributed by atoms with Crippen molar-refractivity contribution < 1.29 is 23.9 Å². The average molecular weight is 322 g/mol. The normalized spacial score (nSPS) is 11.7. The van der Waals surface area contributed by atoms with E-state index in [0.717, 1.165) is 5.56 Å². The molecule has 0 radical (unpaired) electrons.